The van der Waals surface area contributed by atoms with Crippen LogP contribution in [0.4, 0.5) is 0 Å². The molecule has 1 rings (SSSR count). The Morgan fingerprint density at radius 1 is 1.28 bits per heavy atom. The van der Waals surface area contributed by atoms with E-state index in [-0.39, 0.29) is 11.4 Å². The molecule has 1 amide bonds. The SMILES string of the molecule is CC(C)(C)NC(=O)C(N)CNCc1ccccc1. The van der Waals surface area contributed by atoms with Crippen LogP contribution >= 0.6 is 0 Å². The zero-order valence-corrected chi connectivity index (χ0v) is 11.4. The van der Waals surface area contributed by atoms with Crippen molar-refractivity contribution in [1.29, 1.82) is 0 Å². The maximum absolute atomic E-state index is 11.7. The maximum Gasteiger partial charge on any atom is 0.238 e. The minimum absolute atomic E-state index is 0.122. The van der Waals surface area contributed by atoms with Gasteiger partial charge in [0.25, 0.3) is 0 Å². The molecule has 4 nitrogen and oxygen atoms in total. The van der Waals surface area contributed by atoms with Crippen molar-refractivity contribution in [2.75, 3.05) is 6.54 Å². The number of benzene rings is 1. The highest BCUT2D eigenvalue weighted by Crippen LogP contribution is 1.99. The smallest absolute Gasteiger partial charge is 0.238 e. The van der Waals surface area contributed by atoms with Crippen molar-refractivity contribution in [2.45, 2.75) is 38.9 Å². The van der Waals surface area contributed by atoms with Gasteiger partial charge in [-0.05, 0) is 26.3 Å². The Bertz CT molecular complexity index is 370. The molecule has 0 aliphatic heterocycles. The molecule has 0 aliphatic carbocycles. The third-order valence-corrected chi connectivity index (χ3v) is 2.37. The van der Waals surface area contributed by atoms with E-state index in [9.17, 15) is 4.79 Å². The number of hydrogen-bond donors (Lipinski definition) is 3. The van der Waals surface area contributed by atoms with Crippen molar-refractivity contribution >= 4 is 5.91 Å². The van der Waals surface area contributed by atoms with E-state index in [2.05, 4.69) is 10.6 Å². The van der Waals surface area contributed by atoms with E-state index in [4.69, 9.17) is 5.73 Å². The number of hydrogen-bond acceptors (Lipinski definition) is 3. The molecule has 1 aromatic carbocycles. The molecule has 4 heteroatoms. The lowest BCUT2D eigenvalue weighted by Gasteiger charge is -2.23. The second kappa shape index (κ2) is 6.52. The molecule has 1 aromatic rings. The molecule has 0 aromatic heterocycles. The normalized spacial score (nSPS) is 13.1. The van der Waals surface area contributed by atoms with Gasteiger partial charge >= 0.3 is 0 Å². The molecule has 0 radical (unpaired) electrons. The summed E-state index contributed by atoms with van der Waals surface area (Å²) in [5, 5.41) is 6.05. The second-order valence-electron chi connectivity index (χ2n) is 5.46. The van der Waals surface area contributed by atoms with Gasteiger partial charge in [0, 0.05) is 18.6 Å². The van der Waals surface area contributed by atoms with E-state index >= 15 is 0 Å². The molecular formula is C14H23N3O. The molecule has 0 saturated carbocycles. The highest BCUT2D eigenvalue weighted by Gasteiger charge is 2.18. The van der Waals surface area contributed by atoms with E-state index in [0.29, 0.717) is 6.54 Å². The number of rotatable bonds is 5. The fourth-order valence-corrected chi connectivity index (χ4v) is 1.52. The summed E-state index contributed by atoms with van der Waals surface area (Å²) in [6.45, 7) is 7.01. The van der Waals surface area contributed by atoms with Crippen LogP contribution in [0.3, 0.4) is 0 Å². The zero-order chi connectivity index (χ0) is 13.6. The van der Waals surface area contributed by atoms with Crippen molar-refractivity contribution in [3.8, 4) is 0 Å². The van der Waals surface area contributed by atoms with Gasteiger partial charge in [0.2, 0.25) is 5.91 Å². The standard InChI is InChI=1S/C14H23N3O/c1-14(2,3)17-13(18)12(15)10-16-9-11-7-5-4-6-8-11/h4-8,12,16H,9-10,15H2,1-3H3,(H,17,18). The number of nitrogens with one attached hydrogen (secondary N) is 2. The summed E-state index contributed by atoms with van der Waals surface area (Å²) in [7, 11) is 0. The van der Waals surface area contributed by atoms with Crippen molar-refractivity contribution in [3.63, 3.8) is 0 Å². The molecule has 0 spiro atoms. The molecular weight excluding hydrogens is 226 g/mol. The van der Waals surface area contributed by atoms with Crippen molar-refractivity contribution < 1.29 is 4.79 Å². The Hall–Kier alpha value is -1.39. The highest BCUT2D eigenvalue weighted by atomic mass is 16.2. The molecule has 0 heterocycles. The first kappa shape index (κ1) is 14.7. The topological polar surface area (TPSA) is 67.2 Å². The fourth-order valence-electron chi connectivity index (χ4n) is 1.52. The van der Waals surface area contributed by atoms with Gasteiger partial charge in [-0.2, -0.15) is 0 Å². The van der Waals surface area contributed by atoms with E-state index in [1.54, 1.807) is 0 Å². The highest BCUT2D eigenvalue weighted by molar-refractivity contribution is 5.82. The average molecular weight is 249 g/mol. The molecule has 18 heavy (non-hydrogen) atoms. The predicted octanol–water partition coefficient (Wildman–Crippen LogP) is 1.02. The Morgan fingerprint density at radius 3 is 2.44 bits per heavy atom. The molecule has 100 valence electrons. The van der Waals surface area contributed by atoms with Crippen LogP contribution in [0.2, 0.25) is 0 Å². The largest absolute Gasteiger partial charge is 0.350 e. The molecule has 4 N–H and O–H groups in total. The fraction of sp³-hybridized carbons (Fsp3) is 0.500. The lowest BCUT2D eigenvalue weighted by Crippen LogP contribution is -2.52. The first-order chi connectivity index (χ1) is 8.38. The number of amides is 1. The molecule has 0 fully saturated rings. The van der Waals surface area contributed by atoms with Gasteiger partial charge < -0.3 is 16.4 Å². The predicted molar refractivity (Wildman–Crippen MR) is 74.0 cm³/mol. The summed E-state index contributed by atoms with van der Waals surface area (Å²) in [6, 6.07) is 9.51. The average Bonchev–Trinajstić information content (AvgIpc) is 2.28. The maximum atomic E-state index is 11.7. The van der Waals surface area contributed by atoms with Gasteiger partial charge in [-0.15, -0.1) is 0 Å². The lowest BCUT2D eigenvalue weighted by atomic mass is 10.1. The quantitative estimate of drug-likeness (QED) is 0.730. The van der Waals surface area contributed by atoms with E-state index in [1.165, 1.54) is 5.56 Å². The van der Waals surface area contributed by atoms with Gasteiger partial charge in [-0.25, -0.2) is 0 Å². The van der Waals surface area contributed by atoms with Crippen LogP contribution in [-0.2, 0) is 11.3 Å². The van der Waals surface area contributed by atoms with E-state index in [1.807, 2.05) is 51.1 Å². The van der Waals surface area contributed by atoms with Gasteiger partial charge in [0.05, 0.1) is 6.04 Å². The van der Waals surface area contributed by atoms with Crippen LogP contribution in [0.1, 0.15) is 26.3 Å². The lowest BCUT2D eigenvalue weighted by molar-refractivity contribution is -0.123. The molecule has 0 bridgehead atoms. The summed E-state index contributed by atoms with van der Waals surface area (Å²) < 4.78 is 0. The minimum Gasteiger partial charge on any atom is -0.350 e. The Kier molecular flexibility index (Phi) is 5.31. The first-order valence-electron chi connectivity index (χ1n) is 6.21. The van der Waals surface area contributed by atoms with Crippen molar-refractivity contribution in [3.05, 3.63) is 35.9 Å². The molecule has 0 aliphatic rings. The van der Waals surface area contributed by atoms with Gasteiger partial charge in [0.15, 0.2) is 0 Å². The minimum atomic E-state index is -0.520. The van der Waals surface area contributed by atoms with Gasteiger partial charge in [-0.3, -0.25) is 4.79 Å². The zero-order valence-electron chi connectivity index (χ0n) is 11.4. The number of carbonyl (C=O) groups is 1. The van der Waals surface area contributed by atoms with Gasteiger partial charge in [-0.1, -0.05) is 30.3 Å². The van der Waals surface area contributed by atoms with Crippen molar-refractivity contribution in [2.24, 2.45) is 5.73 Å². The first-order valence-corrected chi connectivity index (χ1v) is 6.21. The van der Waals surface area contributed by atoms with Crippen LogP contribution < -0.4 is 16.4 Å². The summed E-state index contributed by atoms with van der Waals surface area (Å²) in [6.07, 6.45) is 0. The van der Waals surface area contributed by atoms with Crippen molar-refractivity contribution in [1.82, 2.24) is 10.6 Å². The van der Waals surface area contributed by atoms with E-state index in [0.717, 1.165) is 6.54 Å². The summed E-state index contributed by atoms with van der Waals surface area (Å²) >= 11 is 0. The summed E-state index contributed by atoms with van der Waals surface area (Å²) in [4.78, 5) is 11.7. The van der Waals surface area contributed by atoms with Crippen LogP contribution in [-0.4, -0.2) is 24.0 Å². The number of nitrogens with two attached hydrogens (primary N) is 1. The van der Waals surface area contributed by atoms with Gasteiger partial charge in [0.1, 0.15) is 0 Å². The Balaban J connectivity index is 2.29. The molecule has 1 atom stereocenters. The van der Waals surface area contributed by atoms with Crippen LogP contribution in [0.5, 0.6) is 0 Å². The third-order valence-electron chi connectivity index (χ3n) is 2.37. The van der Waals surface area contributed by atoms with Crippen LogP contribution in [0.15, 0.2) is 30.3 Å². The summed E-state index contributed by atoms with van der Waals surface area (Å²) in [5.74, 6) is -0.122. The molecule has 1 unspecified atom stereocenters. The summed E-state index contributed by atoms with van der Waals surface area (Å²) in [5.41, 5.74) is 6.75. The second-order valence-corrected chi connectivity index (χ2v) is 5.46. The van der Waals surface area contributed by atoms with E-state index < -0.39 is 6.04 Å². The Morgan fingerprint density at radius 2 is 1.89 bits per heavy atom. The molecule has 0 saturated heterocycles. The number of carbonyl (C=O) groups excluding carboxylic acids is 1. The monoisotopic (exact) mass is 249 g/mol. The van der Waals surface area contributed by atoms with Crippen LogP contribution in [0, 0.1) is 0 Å². The Labute approximate surface area is 109 Å². The van der Waals surface area contributed by atoms with Crippen LogP contribution in [0.25, 0.3) is 0 Å². The third kappa shape index (κ3) is 5.80.